The van der Waals surface area contributed by atoms with Crippen LogP contribution in [0.3, 0.4) is 0 Å². The smallest absolute Gasteiger partial charge is 0.341 e. The molecule has 86 valence electrons. The van der Waals surface area contributed by atoms with Crippen LogP contribution in [-0.4, -0.2) is 23.0 Å². The predicted octanol–water partition coefficient (Wildman–Crippen LogP) is 2.07. The fourth-order valence-electron chi connectivity index (χ4n) is 1.46. The van der Waals surface area contributed by atoms with Crippen LogP contribution in [0.1, 0.15) is 10.4 Å². The maximum absolute atomic E-state index is 13.6. The molecule has 0 aliphatic heterocycles. The van der Waals surface area contributed by atoms with E-state index in [2.05, 4.69) is 14.7 Å². The lowest BCUT2D eigenvalue weighted by molar-refractivity contribution is 0.0600. The van der Waals surface area contributed by atoms with E-state index in [-0.39, 0.29) is 16.8 Å². The molecular weight excluding hydrogens is 223 g/mol. The number of carbonyl (C=O) groups is 1. The first-order chi connectivity index (χ1) is 8.24. The number of halogens is 1. The fraction of sp³-hybridized carbons (Fsp3) is 0.0833. The van der Waals surface area contributed by atoms with Gasteiger partial charge in [0.1, 0.15) is 17.7 Å². The number of rotatable bonds is 2. The van der Waals surface area contributed by atoms with Crippen molar-refractivity contribution in [1.29, 1.82) is 0 Å². The third-order valence-electron chi connectivity index (χ3n) is 2.25. The van der Waals surface area contributed by atoms with E-state index in [1.807, 2.05) is 0 Å². The molecule has 0 bridgehead atoms. The molecule has 0 aliphatic carbocycles. The molecule has 0 amide bonds. The highest BCUT2D eigenvalue weighted by Gasteiger charge is 2.16. The van der Waals surface area contributed by atoms with Crippen molar-refractivity contribution in [2.75, 3.05) is 7.11 Å². The number of aromatic nitrogens is 2. The van der Waals surface area contributed by atoms with Crippen molar-refractivity contribution in [2.24, 2.45) is 0 Å². The van der Waals surface area contributed by atoms with E-state index < -0.39 is 11.8 Å². The third kappa shape index (κ3) is 2.13. The monoisotopic (exact) mass is 232 g/mol. The molecule has 0 saturated carbocycles. The lowest BCUT2D eigenvalue weighted by Gasteiger charge is -2.06. The van der Waals surface area contributed by atoms with E-state index in [1.54, 1.807) is 18.2 Å². The second-order valence-corrected chi connectivity index (χ2v) is 3.26. The Hall–Kier alpha value is -2.30. The fourth-order valence-corrected chi connectivity index (χ4v) is 1.46. The molecular formula is C12H9FN2O2. The molecule has 1 heterocycles. The Labute approximate surface area is 97.1 Å². The van der Waals surface area contributed by atoms with E-state index in [9.17, 15) is 9.18 Å². The molecule has 0 spiro atoms. The lowest BCUT2D eigenvalue weighted by atomic mass is 10.1. The summed E-state index contributed by atoms with van der Waals surface area (Å²) in [7, 11) is 1.25. The van der Waals surface area contributed by atoms with Gasteiger partial charge >= 0.3 is 5.97 Å². The van der Waals surface area contributed by atoms with Crippen molar-refractivity contribution in [3.63, 3.8) is 0 Å². The molecule has 0 saturated heterocycles. The molecule has 5 heteroatoms. The SMILES string of the molecule is COC(=O)c1cncnc1-c1ccccc1F. The standard InChI is InChI=1S/C12H9FN2O2/c1-17-12(16)9-6-14-7-15-11(9)8-4-2-3-5-10(8)13/h2-7H,1H3. The number of hydrogen-bond donors (Lipinski definition) is 0. The molecule has 4 nitrogen and oxygen atoms in total. The Balaban J connectivity index is 2.60. The van der Waals surface area contributed by atoms with Gasteiger partial charge in [-0.2, -0.15) is 0 Å². The van der Waals surface area contributed by atoms with Crippen molar-refractivity contribution in [3.05, 3.63) is 48.2 Å². The molecule has 0 unspecified atom stereocenters. The van der Waals surface area contributed by atoms with Gasteiger partial charge in [-0.25, -0.2) is 19.2 Å². The molecule has 1 aromatic carbocycles. The van der Waals surface area contributed by atoms with Gasteiger partial charge in [-0.15, -0.1) is 0 Å². The summed E-state index contributed by atoms with van der Waals surface area (Å²) < 4.78 is 18.2. The molecule has 0 N–H and O–H groups in total. The van der Waals surface area contributed by atoms with Crippen molar-refractivity contribution in [1.82, 2.24) is 9.97 Å². The first kappa shape index (κ1) is 11.2. The normalized spacial score (nSPS) is 10.0. The van der Waals surface area contributed by atoms with Crippen LogP contribution in [0.4, 0.5) is 4.39 Å². The zero-order valence-electron chi connectivity index (χ0n) is 9.05. The van der Waals surface area contributed by atoms with Crippen LogP contribution in [0.2, 0.25) is 0 Å². The summed E-state index contributed by atoms with van der Waals surface area (Å²) in [5.41, 5.74) is 0.611. The van der Waals surface area contributed by atoms with Crippen molar-refractivity contribution >= 4 is 5.97 Å². The number of methoxy groups -OCH3 is 1. The molecule has 0 fully saturated rings. The van der Waals surface area contributed by atoms with Crippen molar-refractivity contribution < 1.29 is 13.9 Å². The Kier molecular flexibility index (Phi) is 3.09. The van der Waals surface area contributed by atoms with E-state index in [0.29, 0.717) is 0 Å². The van der Waals surface area contributed by atoms with Gasteiger partial charge in [-0.3, -0.25) is 0 Å². The van der Waals surface area contributed by atoms with Crippen LogP contribution >= 0.6 is 0 Å². The van der Waals surface area contributed by atoms with Crippen molar-refractivity contribution in [3.8, 4) is 11.3 Å². The van der Waals surface area contributed by atoms with Gasteiger partial charge in [0.2, 0.25) is 0 Å². The van der Waals surface area contributed by atoms with Gasteiger partial charge in [0, 0.05) is 11.8 Å². The maximum atomic E-state index is 13.6. The zero-order valence-corrected chi connectivity index (χ0v) is 9.05. The Morgan fingerprint density at radius 1 is 1.35 bits per heavy atom. The average molecular weight is 232 g/mol. The molecule has 0 aliphatic rings. The van der Waals surface area contributed by atoms with Crippen LogP contribution in [0.25, 0.3) is 11.3 Å². The summed E-state index contributed by atoms with van der Waals surface area (Å²) in [6.07, 6.45) is 2.56. The molecule has 1 aromatic heterocycles. The second kappa shape index (κ2) is 4.69. The quantitative estimate of drug-likeness (QED) is 0.744. The highest BCUT2D eigenvalue weighted by atomic mass is 19.1. The van der Waals surface area contributed by atoms with Gasteiger partial charge in [0.05, 0.1) is 12.8 Å². The topological polar surface area (TPSA) is 52.1 Å². The second-order valence-electron chi connectivity index (χ2n) is 3.26. The summed E-state index contributed by atoms with van der Waals surface area (Å²) in [6.45, 7) is 0. The predicted molar refractivity (Wildman–Crippen MR) is 58.8 cm³/mol. The summed E-state index contributed by atoms with van der Waals surface area (Å²) in [6, 6.07) is 6.09. The number of ether oxygens (including phenoxy) is 1. The van der Waals surface area contributed by atoms with E-state index in [1.165, 1.54) is 25.7 Å². The van der Waals surface area contributed by atoms with E-state index >= 15 is 0 Å². The molecule has 0 atom stereocenters. The van der Waals surface area contributed by atoms with Gasteiger partial charge in [0.15, 0.2) is 0 Å². The Morgan fingerprint density at radius 3 is 2.82 bits per heavy atom. The summed E-state index contributed by atoms with van der Waals surface area (Å²) in [5, 5.41) is 0. The van der Waals surface area contributed by atoms with Gasteiger partial charge in [-0.05, 0) is 12.1 Å². The van der Waals surface area contributed by atoms with E-state index in [0.717, 1.165) is 0 Å². The Bertz CT molecular complexity index is 558. The van der Waals surface area contributed by atoms with Gasteiger partial charge in [-0.1, -0.05) is 12.1 Å². The highest BCUT2D eigenvalue weighted by Crippen LogP contribution is 2.23. The third-order valence-corrected chi connectivity index (χ3v) is 2.25. The maximum Gasteiger partial charge on any atom is 0.341 e. The lowest BCUT2D eigenvalue weighted by Crippen LogP contribution is -2.06. The molecule has 17 heavy (non-hydrogen) atoms. The summed E-state index contributed by atoms with van der Waals surface area (Å²) in [4.78, 5) is 19.2. The molecule has 0 radical (unpaired) electrons. The van der Waals surface area contributed by atoms with Gasteiger partial charge < -0.3 is 4.74 Å². The Morgan fingerprint density at radius 2 is 2.12 bits per heavy atom. The van der Waals surface area contributed by atoms with Gasteiger partial charge in [0.25, 0.3) is 0 Å². The first-order valence-electron chi connectivity index (χ1n) is 4.87. The number of hydrogen-bond acceptors (Lipinski definition) is 4. The number of esters is 1. The number of benzene rings is 1. The average Bonchev–Trinajstić information content (AvgIpc) is 2.38. The minimum Gasteiger partial charge on any atom is -0.465 e. The molecule has 2 aromatic rings. The summed E-state index contributed by atoms with van der Waals surface area (Å²) in [5.74, 6) is -1.04. The van der Waals surface area contributed by atoms with Crippen LogP contribution in [0.5, 0.6) is 0 Å². The minimum absolute atomic E-state index is 0.139. The highest BCUT2D eigenvalue weighted by molar-refractivity contribution is 5.95. The largest absolute Gasteiger partial charge is 0.465 e. The van der Waals surface area contributed by atoms with Crippen LogP contribution in [-0.2, 0) is 4.74 Å². The molecule has 2 rings (SSSR count). The summed E-state index contributed by atoms with van der Waals surface area (Å²) >= 11 is 0. The number of carbonyl (C=O) groups excluding carboxylic acids is 1. The first-order valence-corrected chi connectivity index (χ1v) is 4.87. The van der Waals surface area contributed by atoms with Crippen LogP contribution in [0.15, 0.2) is 36.8 Å². The van der Waals surface area contributed by atoms with E-state index in [4.69, 9.17) is 0 Å². The van der Waals surface area contributed by atoms with Crippen LogP contribution in [0, 0.1) is 5.82 Å². The zero-order chi connectivity index (χ0) is 12.3. The minimum atomic E-state index is -0.594. The van der Waals surface area contributed by atoms with Crippen LogP contribution < -0.4 is 0 Å². The van der Waals surface area contributed by atoms with Crippen molar-refractivity contribution in [2.45, 2.75) is 0 Å². The number of nitrogens with zero attached hydrogens (tertiary/aromatic N) is 2.